The molecule has 1 fully saturated rings. The molecule has 0 heterocycles. The van der Waals surface area contributed by atoms with Crippen molar-refractivity contribution < 1.29 is 9.53 Å². The zero-order valence-corrected chi connectivity index (χ0v) is 6.59. The van der Waals surface area contributed by atoms with Crippen molar-refractivity contribution in [1.29, 1.82) is 0 Å². The van der Waals surface area contributed by atoms with Crippen LogP contribution in [-0.4, -0.2) is 12.1 Å². The van der Waals surface area contributed by atoms with Crippen molar-refractivity contribution in [3.8, 4) is 0 Å². The highest BCUT2D eigenvalue weighted by molar-refractivity contribution is 5.73. The number of carbonyl (C=O) groups is 1. The molecular formula is C8H14O2. The van der Waals surface area contributed by atoms with E-state index in [2.05, 4.69) is 0 Å². The number of hydrogen-bond acceptors (Lipinski definition) is 2. The van der Waals surface area contributed by atoms with Crippen LogP contribution >= 0.6 is 0 Å². The van der Waals surface area contributed by atoms with Gasteiger partial charge in [-0.25, -0.2) is 0 Å². The molecule has 2 heteroatoms. The molecular weight excluding hydrogens is 128 g/mol. The monoisotopic (exact) mass is 142 g/mol. The van der Waals surface area contributed by atoms with Gasteiger partial charge in [0.1, 0.15) is 0 Å². The summed E-state index contributed by atoms with van der Waals surface area (Å²) in [5, 5.41) is 0. The second kappa shape index (κ2) is 3.04. The molecule has 0 radical (unpaired) electrons. The lowest BCUT2D eigenvalue weighted by atomic mass is 9.86. The van der Waals surface area contributed by atoms with Crippen LogP contribution in [0.25, 0.3) is 0 Å². The van der Waals surface area contributed by atoms with Crippen LogP contribution in [0, 0.1) is 5.92 Å². The molecule has 1 saturated carbocycles. The van der Waals surface area contributed by atoms with Crippen molar-refractivity contribution >= 4 is 5.97 Å². The number of ether oxygens (including phenoxy) is 1. The minimum atomic E-state index is 0.00116. The Morgan fingerprint density at radius 1 is 1.50 bits per heavy atom. The van der Waals surface area contributed by atoms with Crippen LogP contribution in [0.3, 0.4) is 0 Å². The summed E-state index contributed by atoms with van der Waals surface area (Å²) < 4.78 is 5.02. The van der Waals surface area contributed by atoms with E-state index in [1.807, 2.05) is 13.8 Å². The molecule has 0 spiro atoms. The van der Waals surface area contributed by atoms with Crippen LogP contribution in [-0.2, 0) is 9.53 Å². The summed E-state index contributed by atoms with van der Waals surface area (Å²) in [5.74, 6) is 0.226. The second-order valence-corrected chi connectivity index (χ2v) is 3.11. The van der Waals surface area contributed by atoms with Crippen molar-refractivity contribution in [2.24, 2.45) is 5.92 Å². The summed E-state index contributed by atoms with van der Waals surface area (Å²) in [6.45, 7) is 3.77. The summed E-state index contributed by atoms with van der Waals surface area (Å²) in [7, 11) is 0. The van der Waals surface area contributed by atoms with Crippen LogP contribution in [0.5, 0.6) is 0 Å². The van der Waals surface area contributed by atoms with Crippen molar-refractivity contribution in [2.75, 3.05) is 0 Å². The van der Waals surface area contributed by atoms with Gasteiger partial charge in [0.05, 0.1) is 12.0 Å². The average molecular weight is 142 g/mol. The third-order valence-electron chi connectivity index (χ3n) is 1.79. The third kappa shape index (κ3) is 1.72. The van der Waals surface area contributed by atoms with Gasteiger partial charge >= 0.3 is 5.97 Å². The lowest BCUT2D eigenvalue weighted by Gasteiger charge is -2.24. The largest absolute Gasteiger partial charge is 0.463 e. The Bertz CT molecular complexity index is 125. The molecule has 0 aromatic carbocycles. The van der Waals surface area contributed by atoms with E-state index in [1.165, 1.54) is 6.42 Å². The zero-order valence-electron chi connectivity index (χ0n) is 6.59. The fraction of sp³-hybridized carbons (Fsp3) is 0.875. The molecule has 0 amide bonds. The molecule has 2 nitrogen and oxygen atoms in total. The van der Waals surface area contributed by atoms with E-state index in [9.17, 15) is 4.79 Å². The molecule has 58 valence electrons. The van der Waals surface area contributed by atoms with Crippen LogP contribution in [0.4, 0.5) is 0 Å². The highest BCUT2D eigenvalue weighted by Crippen LogP contribution is 2.27. The summed E-state index contributed by atoms with van der Waals surface area (Å²) in [6, 6.07) is 0. The highest BCUT2D eigenvalue weighted by Gasteiger charge is 2.26. The minimum absolute atomic E-state index is 0.00116. The first kappa shape index (κ1) is 7.58. The quantitative estimate of drug-likeness (QED) is 0.549. The van der Waals surface area contributed by atoms with E-state index >= 15 is 0 Å². The summed E-state index contributed by atoms with van der Waals surface area (Å²) in [4.78, 5) is 11.0. The van der Waals surface area contributed by atoms with Gasteiger partial charge in [-0.1, -0.05) is 6.42 Å². The maximum absolute atomic E-state index is 11.0. The summed E-state index contributed by atoms with van der Waals surface area (Å²) in [6.07, 6.45) is 3.31. The van der Waals surface area contributed by atoms with E-state index in [0.717, 1.165) is 12.8 Å². The molecule has 0 N–H and O–H groups in total. The van der Waals surface area contributed by atoms with Crippen LogP contribution < -0.4 is 0 Å². The van der Waals surface area contributed by atoms with Gasteiger partial charge in [-0.05, 0) is 26.7 Å². The van der Waals surface area contributed by atoms with E-state index in [-0.39, 0.29) is 18.0 Å². The third-order valence-corrected chi connectivity index (χ3v) is 1.79. The predicted molar refractivity (Wildman–Crippen MR) is 38.6 cm³/mol. The van der Waals surface area contributed by atoms with Crippen molar-refractivity contribution in [3.63, 3.8) is 0 Å². The molecule has 0 unspecified atom stereocenters. The van der Waals surface area contributed by atoms with Gasteiger partial charge in [-0.2, -0.15) is 0 Å². The molecule has 1 aliphatic rings. The van der Waals surface area contributed by atoms with Crippen LogP contribution in [0.1, 0.15) is 33.1 Å². The minimum Gasteiger partial charge on any atom is -0.463 e. The molecule has 0 aliphatic heterocycles. The average Bonchev–Trinajstić information content (AvgIpc) is 1.55. The van der Waals surface area contributed by atoms with Gasteiger partial charge in [0.15, 0.2) is 0 Å². The zero-order chi connectivity index (χ0) is 7.56. The molecule has 0 bridgehead atoms. The van der Waals surface area contributed by atoms with Crippen LogP contribution in [0.2, 0.25) is 0 Å². The summed E-state index contributed by atoms with van der Waals surface area (Å²) >= 11 is 0. The Morgan fingerprint density at radius 3 is 2.40 bits per heavy atom. The number of esters is 1. The normalized spacial score (nSPS) is 18.7. The number of rotatable bonds is 2. The van der Waals surface area contributed by atoms with Gasteiger partial charge in [0.2, 0.25) is 0 Å². The van der Waals surface area contributed by atoms with Gasteiger partial charge < -0.3 is 4.74 Å². The smallest absolute Gasteiger partial charge is 0.309 e. The summed E-state index contributed by atoms with van der Waals surface area (Å²) in [5.41, 5.74) is 0. The Balaban J connectivity index is 2.20. The van der Waals surface area contributed by atoms with Gasteiger partial charge in [-0.3, -0.25) is 4.79 Å². The maximum Gasteiger partial charge on any atom is 0.309 e. The Morgan fingerprint density at radius 2 is 2.10 bits per heavy atom. The van der Waals surface area contributed by atoms with E-state index in [0.29, 0.717) is 0 Å². The molecule has 1 rings (SSSR count). The first-order chi connectivity index (χ1) is 4.70. The SMILES string of the molecule is CC(C)OC(=O)C1CCC1. The maximum atomic E-state index is 11.0. The first-order valence-corrected chi connectivity index (χ1v) is 3.90. The Kier molecular flexibility index (Phi) is 2.30. The first-order valence-electron chi connectivity index (χ1n) is 3.90. The topological polar surface area (TPSA) is 26.3 Å². The number of hydrogen-bond donors (Lipinski definition) is 0. The van der Waals surface area contributed by atoms with E-state index < -0.39 is 0 Å². The van der Waals surface area contributed by atoms with Gasteiger partial charge in [-0.15, -0.1) is 0 Å². The predicted octanol–water partition coefficient (Wildman–Crippen LogP) is 1.74. The van der Waals surface area contributed by atoms with Gasteiger partial charge in [0.25, 0.3) is 0 Å². The van der Waals surface area contributed by atoms with E-state index in [1.54, 1.807) is 0 Å². The lowest BCUT2D eigenvalue weighted by Crippen LogP contribution is -2.26. The standard InChI is InChI=1S/C8H14O2/c1-6(2)10-8(9)7-4-3-5-7/h6-7H,3-5H2,1-2H3. The fourth-order valence-electron chi connectivity index (χ4n) is 0.972. The van der Waals surface area contributed by atoms with Crippen molar-refractivity contribution in [3.05, 3.63) is 0 Å². The molecule has 0 aromatic rings. The van der Waals surface area contributed by atoms with Crippen LogP contribution in [0.15, 0.2) is 0 Å². The number of carbonyl (C=O) groups excluding carboxylic acids is 1. The molecule has 0 aromatic heterocycles. The van der Waals surface area contributed by atoms with E-state index in [4.69, 9.17) is 4.74 Å². The Hall–Kier alpha value is -0.530. The van der Waals surface area contributed by atoms with Crippen molar-refractivity contribution in [2.45, 2.75) is 39.2 Å². The van der Waals surface area contributed by atoms with Crippen molar-refractivity contribution in [1.82, 2.24) is 0 Å². The molecule has 0 saturated heterocycles. The lowest BCUT2D eigenvalue weighted by molar-refractivity contribution is -0.155. The van der Waals surface area contributed by atoms with Gasteiger partial charge in [0, 0.05) is 0 Å². The Labute approximate surface area is 61.6 Å². The molecule has 1 aliphatic carbocycles. The fourth-order valence-corrected chi connectivity index (χ4v) is 0.972. The molecule has 0 atom stereocenters. The molecule has 10 heavy (non-hydrogen) atoms. The highest BCUT2D eigenvalue weighted by atomic mass is 16.5. The second-order valence-electron chi connectivity index (χ2n) is 3.11.